The first-order valence-corrected chi connectivity index (χ1v) is 5.38. The van der Waals surface area contributed by atoms with Crippen molar-refractivity contribution in [1.82, 2.24) is 15.2 Å². The molecular weight excluding hydrogens is 261 g/mol. The highest BCUT2D eigenvalue weighted by molar-refractivity contribution is 6.01. The van der Waals surface area contributed by atoms with Gasteiger partial charge in [0.25, 0.3) is 5.91 Å². The number of aromatic nitrogens is 3. The SMILES string of the molecule is CCc1nc(C(=O)Nc2cc(F)c(F)c(F)c2)n[nH]1. The van der Waals surface area contributed by atoms with E-state index in [0.29, 0.717) is 24.4 Å². The van der Waals surface area contributed by atoms with Gasteiger partial charge in [0.1, 0.15) is 5.82 Å². The van der Waals surface area contributed by atoms with E-state index in [1.807, 2.05) is 6.92 Å². The van der Waals surface area contributed by atoms with Crippen LogP contribution in [0.2, 0.25) is 0 Å². The van der Waals surface area contributed by atoms with E-state index >= 15 is 0 Å². The average molecular weight is 270 g/mol. The van der Waals surface area contributed by atoms with Gasteiger partial charge in [0, 0.05) is 24.2 Å². The molecule has 100 valence electrons. The van der Waals surface area contributed by atoms with Crippen molar-refractivity contribution in [2.24, 2.45) is 0 Å². The molecular formula is C11H9F3N4O. The number of carbonyl (C=O) groups is 1. The van der Waals surface area contributed by atoms with Gasteiger partial charge in [0.05, 0.1) is 0 Å². The maximum atomic E-state index is 12.9. The highest BCUT2D eigenvalue weighted by Gasteiger charge is 2.15. The van der Waals surface area contributed by atoms with Gasteiger partial charge in [-0.25, -0.2) is 18.2 Å². The normalized spacial score (nSPS) is 10.5. The number of anilines is 1. The zero-order valence-electron chi connectivity index (χ0n) is 9.80. The molecule has 1 amide bonds. The van der Waals surface area contributed by atoms with Crippen molar-refractivity contribution < 1.29 is 18.0 Å². The van der Waals surface area contributed by atoms with Crippen LogP contribution in [-0.2, 0) is 6.42 Å². The summed E-state index contributed by atoms with van der Waals surface area (Å²) < 4.78 is 38.6. The molecule has 0 saturated carbocycles. The number of benzene rings is 1. The number of H-pyrrole nitrogens is 1. The molecule has 0 aliphatic heterocycles. The van der Waals surface area contributed by atoms with Crippen LogP contribution >= 0.6 is 0 Å². The van der Waals surface area contributed by atoms with Crippen molar-refractivity contribution in [3.8, 4) is 0 Å². The van der Waals surface area contributed by atoms with E-state index in [-0.39, 0.29) is 11.5 Å². The quantitative estimate of drug-likeness (QED) is 0.838. The predicted molar refractivity (Wildman–Crippen MR) is 60.0 cm³/mol. The molecule has 19 heavy (non-hydrogen) atoms. The third kappa shape index (κ3) is 2.72. The summed E-state index contributed by atoms with van der Waals surface area (Å²) in [6.45, 7) is 1.81. The van der Waals surface area contributed by atoms with Gasteiger partial charge in [-0.15, -0.1) is 5.10 Å². The Hall–Kier alpha value is -2.38. The number of hydrogen-bond acceptors (Lipinski definition) is 3. The number of aryl methyl sites for hydroxylation is 1. The van der Waals surface area contributed by atoms with E-state index < -0.39 is 23.4 Å². The summed E-state index contributed by atoms with van der Waals surface area (Å²) in [5.74, 6) is -4.78. The molecule has 5 nitrogen and oxygen atoms in total. The fraction of sp³-hybridized carbons (Fsp3) is 0.182. The Balaban J connectivity index is 2.19. The van der Waals surface area contributed by atoms with Crippen molar-refractivity contribution in [1.29, 1.82) is 0 Å². The van der Waals surface area contributed by atoms with E-state index in [0.717, 1.165) is 0 Å². The molecule has 0 bridgehead atoms. The summed E-state index contributed by atoms with van der Waals surface area (Å²) in [5, 5.41) is 8.33. The highest BCUT2D eigenvalue weighted by atomic mass is 19.2. The first-order chi connectivity index (χ1) is 9.01. The van der Waals surface area contributed by atoms with Crippen LogP contribution in [0.1, 0.15) is 23.4 Å². The number of halogens is 3. The molecule has 0 aliphatic carbocycles. The minimum absolute atomic E-state index is 0.165. The van der Waals surface area contributed by atoms with Crippen molar-refractivity contribution in [3.05, 3.63) is 41.2 Å². The summed E-state index contributed by atoms with van der Waals surface area (Å²) in [6.07, 6.45) is 0.556. The molecule has 8 heteroatoms. The zero-order chi connectivity index (χ0) is 14.0. The molecule has 0 saturated heterocycles. The summed E-state index contributed by atoms with van der Waals surface area (Å²) >= 11 is 0. The van der Waals surface area contributed by atoms with Crippen molar-refractivity contribution in [2.45, 2.75) is 13.3 Å². The second-order valence-electron chi connectivity index (χ2n) is 3.67. The monoisotopic (exact) mass is 270 g/mol. The molecule has 0 unspecified atom stereocenters. The number of nitrogens with one attached hydrogen (secondary N) is 2. The van der Waals surface area contributed by atoms with Gasteiger partial charge in [-0.1, -0.05) is 6.92 Å². The topological polar surface area (TPSA) is 70.7 Å². The minimum atomic E-state index is -1.59. The molecule has 0 spiro atoms. The van der Waals surface area contributed by atoms with E-state index in [1.54, 1.807) is 0 Å². The van der Waals surface area contributed by atoms with Crippen LogP contribution in [-0.4, -0.2) is 21.1 Å². The van der Waals surface area contributed by atoms with Gasteiger partial charge in [-0.3, -0.25) is 9.89 Å². The largest absolute Gasteiger partial charge is 0.319 e. The molecule has 1 aromatic carbocycles. The molecule has 0 aliphatic rings. The lowest BCUT2D eigenvalue weighted by molar-refractivity contribution is 0.101. The lowest BCUT2D eigenvalue weighted by Gasteiger charge is -2.03. The van der Waals surface area contributed by atoms with Gasteiger partial charge in [-0.05, 0) is 0 Å². The fourth-order valence-electron chi connectivity index (χ4n) is 1.37. The molecule has 1 heterocycles. The van der Waals surface area contributed by atoms with Crippen LogP contribution in [0.25, 0.3) is 0 Å². The molecule has 0 atom stereocenters. The maximum absolute atomic E-state index is 12.9. The van der Waals surface area contributed by atoms with Gasteiger partial charge in [-0.2, -0.15) is 0 Å². The average Bonchev–Trinajstić information content (AvgIpc) is 2.84. The zero-order valence-corrected chi connectivity index (χ0v) is 9.80. The van der Waals surface area contributed by atoms with Crippen LogP contribution in [0, 0.1) is 17.5 Å². The molecule has 2 rings (SSSR count). The number of carbonyl (C=O) groups excluding carboxylic acids is 1. The first kappa shape index (κ1) is 13.1. The minimum Gasteiger partial charge on any atom is -0.319 e. The Morgan fingerprint density at radius 2 is 1.95 bits per heavy atom. The van der Waals surface area contributed by atoms with E-state index in [9.17, 15) is 18.0 Å². The summed E-state index contributed by atoms with van der Waals surface area (Å²) in [7, 11) is 0. The molecule has 1 aromatic heterocycles. The Kier molecular flexibility index (Phi) is 3.50. The third-order valence-electron chi connectivity index (χ3n) is 2.31. The van der Waals surface area contributed by atoms with Crippen LogP contribution in [0.15, 0.2) is 12.1 Å². The standard InChI is InChI=1S/C11H9F3N4O/c1-2-8-16-10(18-17-8)11(19)15-5-3-6(12)9(14)7(13)4-5/h3-4H,2H2,1H3,(H,15,19)(H,16,17,18). The molecule has 0 fully saturated rings. The van der Waals surface area contributed by atoms with Crippen LogP contribution < -0.4 is 5.32 Å². The van der Waals surface area contributed by atoms with E-state index in [1.165, 1.54) is 0 Å². The van der Waals surface area contributed by atoms with Crippen molar-refractivity contribution in [3.63, 3.8) is 0 Å². The number of aromatic amines is 1. The van der Waals surface area contributed by atoms with Crippen LogP contribution in [0.5, 0.6) is 0 Å². The second-order valence-corrected chi connectivity index (χ2v) is 3.67. The van der Waals surface area contributed by atoms with Gasteiger partial charge in [0.15, 0.2) is 17.5 Å². The third-order valence-corrected chi connectivity index (χ3v) is 2.31. The second kappa shape index (κ2) is 5.09. The maximum Gasteiger partial charge on any atom is 0.295 e. The summed E-state index contributed by atoms with van der Waals surface area (Å²) in [4.78, 5) is 15.5. The summed E-state index contributed by atoms with van der Waals surface area (Å²) in [5.41, 5.74) is -0.218. The first-order valence-electron chi connectivity index (χ1n) is 5.38. The smallest absolute Gasteiger partial charge is 0.295 e. The number of amides is 1. The van der Waals surface area contributed by atoms with Gasteiger partial charge >= 0.3 is 0 Å². The Bertz CT molecular complexity index is 603. The Morgan fingerprint density at radius 1 is 1.32 bits per heavy atom. The van der Waals surface area contributed by atoms with Gasteiger partial charge in [0.2, 0.25) is 5.82 Å². The molecule has 2 aromatic rings. The fourth-order valence-corrected chi connectivity index (χ4v) is 1.37. The van der Waals surface area contributed by atoms with Crippen molar-refractivity contribution in [2.75, 3.05) is 5.32 Å². The number of nitrogens with zero attached hydrogens (tertiary/aromatic N) is 2. The summed E-state index contributed by atoms with van der Waals surface area (Å²) in [6, 6.07) is 1.34. The molecule has 0 radical (unpaired) electrons. The number of rotatable bonds is 3. The molecule has 2 N–H and O–H groups in total. The highest BCUT2D eigenvalue weighted by Crippen LogP contribution is 2.17. The van der Waals surface area contributed by atoms with Crippen molar-refractivity contribution >= 4 is 11.6 Å². The van der Waals surface area contributed by atoms with Gasteiger partial charge < -0.3 is 5.32 Å². The lowest BCUT2D eigenvalue weighted by atomic mass is 10.3. The predicted octanol–water partition coefficient (Wildman–Crippen LogP) is 2.04. The Labute approximate surface area is 105 Å². The lowest BCUT2D eigenvalue weighted by Crippen LogP contribution is -2.14. The number of hydrogen-bond donors (Lipinski definition) is 2. The van der Waals surface area contributed by atoms with Crippen LogP contribution in [0.4, 0.5) is 18.9 Å². The Morgan fingerprint density at radius 3 is 2.47 bits per heavy atom. The van der Waals surface area contributed by atoms with E-state index in [4.69, 9.17) is 0 Å². The van der Waals surface area contributed by atoms with E-state index in [2.05, 4.69) is 20.5 Å². The van der Waals surface area contributed by atoms with Crippen LogP contribution in [0.3, 0.4) is 0 Å².